The fraction of sp³-hybridized carbons (Fsp3) is 0.423. The summed E-state index contributed by atoms with van der Waals surface area (Å²) >= 11 is 6.49. The molecule has 1 amide bonds. The molecular formula is C26H31ClN4O4S. The van der Waals surface area contributed by atoms with Crippen molar-refractivity contribution in [2.45, 2.75) is 49.4 Å². The Morgan fingerprint density at radius 1 is 1.19 bits per heavy atom. The molecule has 2 aliphatic rings. The molecule has 1 aromatic heterocycles. The van der Waals surface area contributed by atoms with Crippen LogP contribution in [-0.4, -0.2) is 62.2 Å². The number of hydrogen-bond donors (Lipinski definition) is 2. The number of morpholine rings is 1. The van der Waals surface area contributed by atoms with Crippen LogP contribution in [0.25, 0.3) is 10.9 Å². The van der Waals surface area contributed by atoms with Crippen molar-refractivity contribution in [2.75, 3.05) is 26.2 Å². The van der Waals surface area contributed by atoms with Gasteiger partial charge in [-0.2, -0.15) is 0 Å². The zero-order valence-corrected chi connectivity index (χ0v) is 21.6. The molecule has 192 valence electrons. The number of aryl methyl sites for hydroxylation is 1. The molecule has 1 atom stereocenters. The molecule has 0 radical (unpaired) electrons. The highest BCUT2D eigenvalue weighted by Crippen LogP contribution is 2.31. The third kappa shape index (κ3) is 5.76. The number of carbonyl (C=O) groups excluding carboxylic acids is 1. The highest BCUT2D eigenvalue weighted by molar-refractivity contribution is 7.89. The number of fused-ring (bicyclic) bond motifs is 1. The molecule has 2 fully saturated rings. The minimum absolute atomic E-state index is 0.0453. The Hall–Kier alpha value is -2.43. The van der Waals surface area contributed by atoms with Crippen LogP contribution in [0.3, 0.4) is 0 Å². The van der Waals surface area contributed by atoms with Gasteiger partial charge in [-0.1, -0.05) is 41.9 Å². The summed E-state index contributed by atoms with van der Waals surface area (Å²) in [6.45, 7) is 3.32. The van der Waals surface area contributed by atoms with E-state index in [1.54, 1.807) is 30.3 Å². The van der Waals surface area contributed by atoms with Gasteiger partial charge in [-0.15, -0.1) is 0 Å². The molecule has 1 aliphatic heterocycles. The zero-order valence-electron chi connectivity index (χ0n) is 20.0. The number of carbonyl (C=O) groups is 1. The van der Waals surface area contributed by atoms with E-state index < -0.39 is 16.1 Å². The second-order valence-corrected chi connectivity index (χ2v) is 11.5. The second-order valence-electron chi connectivity index (χ2n) is 9.35. The first-order chi connectivity index (χ1) is 17.4. The fourth-order valence-electron chi connectivity index (χ4n) is 4.59. The summed E-state index contributed by atoms with van der Waals surface area (Å²) in [6, 6.07) is 14.7. The van der Waals surface area contributed by atoms with E-state index in [0.29, 0.717) is 44.2 Å². The number of nitrogens with one attached hydrogen (secondary N) is 2. The van der Waals surface area contributed by atoms with E-state index in [1.165, 1.54) is 0 Å². The smallest absolute Gasteiger partial charge is 0.253 e. The number of hydrogen-bond acceptors (Lipinski definition) is 5. The maximum absolute atomic E-state index is 13.2. The van der Waals surface area contributed by atoms with Crippen molar-refractivity contribution >= 4 is 38.4 Å². The standard InChI is InChI=1S/C26H31ClN4O4S/c27-23-18-30(13-4-11-29-36(33,34)21-5-2-1-3-6-21)24-15-19(7-10-22(23)24)17-31(20-8-9-20)26(32)25-16-28-12-14-35-25/h1-3,5-7,10,15,18,20,25,28-29H,4,8-9,11-14,16-17H2. The Morgan fingerprint density at radius 2 is 2.00 bits per heavy atom. The molecule has 5 rings (SSSR count). The van der Waals surface area contributed by atoms with Gasteiger partial charge in [0, 0.05) is 55.9 Å². The minimum atomic E-state index is -3.53. The molecule has 8 nitrogen and oxygen atoms in total. The van der Waals surface area contributed by atoms with Crippen LogP contribution in [0.2, 0.25) is 5.02 Å². The molecule has 10 heteroatoms. The average molecular weight is 531 g/mol. The summed E-state index contributed by atoms with van der Waals surface area (Å²) in [5.74, 6) is 0.0453. The number of sulfonamides is 1. The Bertz CT molecular complexity index is 1320. The molecule has 0 spiro atoms. The van der Waals surface area contributed by atoms with Gasteiger partial charge in [-0.05, 0) is 43.0 Å². The Morgan fingerprint density at radius 3 is 2.72 bits per heavy atom. The van der Waals surface area contributed by atoms with E-state index >= 15 is 0 Å². The van der Waals surface area contributed by atoms with Crippen molar-refractivity contribution in [3.63, 3.8) is 0 Å². The summed E-state index contributed by atoms with van der Waals surface area (Å²) in [7, 11) is -3.53. The van der Waals surface area contributed by atoms with Crippen molar-refractivity contribution in [1.29, 1.82) is 0 Å². The van der Waals surface area contributed by atoms with Crippen LogP contribution in [-0.2, 0) is 32.6 Å². The number of nitrogens with zero attached hydrogens (tertiary/aromatic N) is 2. The molecule has 1 saturated heterocycles. The molecule has 2 heterocycles. The third-order valence-corrected chi connectivity index (χ3v) is 8.42. The molecule has 2 aromatic carbocycles. The molecule has 3 aromatic rings. The van der Waals surface area contributed by atoms with E-state index in [9.17, 15) is 13.2 Å². The number of ether oxygens (including phenoxy) is 1. The van der Waals surface area contributed by atoms with Crippen LogP contribution >= 0.6 is 11.6 Å². The van der Waals surface area contributed by atoms with Gasteiger partial charge < -0.3 is 19.5 Å². The van der Waals surface area contributed by atoms with Gasteiger partial charge in [0.15, 0.2) is 0 Å². The average Bonchev–Trinajstić information content (AvgIpc) is 3.70. The van der Waals surface area contributed by atoms with Crippen molar-refractivity contribution in [3.8, 4) is 0 Å². The largest absolute Gasteiger partial charge is 0.366 e. The van der Waals surface area contributed by atoms with Gasteiger partial charge in [0.1, 0.15) is 6.10 Å². The van der Waals surface area contributed by atoms with Crippen LogP contribution in [0.5, 0.6) is 0 Å². The molecular weight excluding hydrogens is 500 g/mol. The molecule has 2 N–H and O–H groups in total. The van der Waals surface area contributed by atoms with Gasteiger partial charge in [-0.3, -0.25) is 4.79 Å². The number of rotatable bonds is 10. The quantitative estimate of drug-likeness (QED) is 0.393. The van der Waals surface area contributed by atoms with Crippen molar-refractivity contribution in [1.82, 2.24) is 19.5 Å². The maximum Gasteiger partial charge on any atom is 0.253 e. The van der Waals surface area contributed by atoms with Crippen LogP contribution in [0.1, 0.15) is 24.8 Å². The van der Waals surface area contributed by atoms with E-state index in [4.69, 9.17) is 16.3 Å². The number of aromatic nitrogens is 1. The Balaban J connectivity index is 1.26. The van der Waals surface area contributed by atoms with Gasteiger partial charge in [0.2, 0.25) is 10.0 Å². The highest BCUT2D eigenvalue weighted by Gasteiger charge is 2.36. The Kier molecular flexibility index (Phi) is 7.64. The van der Waals surface area contributed by atoms with E-state index in [1.807, 2.05) is 23.2 Å². The predicted octanol–water partition coefficient (Wildman–Crippen LogP) is 3.14. The minimum Gasteiger partial charge on any atom is -0.366 e. The van der Waals surface area contributed by atoms with Crippen molar-refractivity contribution in [2.24, 2.45) is 0 Å². The lowest BCUT2D eigenvalue weighted by molar-refractivity contribution is -0.146. The van der Waals surface area contributed by atoms with E-state index in [-0.39, 0.29) is 16.8 Å². The highest BCUT2D eigenvalue weighted by atomic mass is 35.5. The molecule has 1 saturated carbocycles. The summed E-state index contributed by atoms with van der Waals surface area (Å²) in [4.78, 5) is 15.4. The first-order valence-electron chi connectivity index (χ1n) is 12.4. The first-order valence-corrected chi connectivity index (χ1v) is 14.2. The summed E-state index contributed by atoms with van der Waals surface area (Å²) in [5, 5.41) is 4.83. The zero-order chi connectivity index (χ0) is 25.1. The van der Waals surface area contributed by atoms with Gasteiger partial charge >= 0.3 is 0 Å². The number of halogens is 1. The third-order valence-electron chi connectivity index (χ3n) is 6.65. The topological polar surface area (TPSA) is 92.7 Å². The van der Waals surface area contributed by atoms with Crippen LogP contribution in [0, 0.1) is 0 Å². The lowest BCUT2D eigenvalue weighted by Crippen LogP contribution is -2.49. The van der Waals surface area contributed by atoms with Gasteiger partial charge in [0.25, 0.3) is 5.91 Å². The molecule has 36 heavy (non-hydrogen) atoms. The summed E-state index contributed by atoms with van der Waals surface area (Å²) < 4.78 is 35.3. The first kappa shape index (κ1) is 25.2. The Labute approximate surface area is 216 Å². The van der Waals surface area contributed by atoms with Crippen LogP contribution in [0.4, 0.5) is 0 Å². The predicted molar refractivity (Wildman–Crippen MR) is 139 cm³/mol. The van der Waals surface area contributed by atoms with Crippen molar-refractivity contribution in [3.05, 3.63) is 65.3 Å². The normalized spacial score (nSPS) is 18.4. The molecule has 0 bridgehead atoms. The van der Waals surface area contributed by atoms with Gasteiger partial charge in [-0.25, -0.2) is 13.1 Å². The van der Waals surface area contributed by atoms with E-state index in [0.717, 1.165) is 35.9 Å². The van der Waals surface area contributed by atoms with Crippen molar-refractivity contribution < 1.29 is 17.9 Å². The lowest BCUT2D eigenvalue weighted by Gasteiger charge is -2.30. The molecule has 1 unspecified atom stereocenters. The van der Waals surface area contributed by atoms with Crippen LogP contribution in [0.15, 0.2) is 59.6 Å². The lowest BCUT2D eigenvalue weighted by atomic mass is 10.1. The van der Waals surface area contributed by atoms with Crippen LogP contribution < -0.4 is 10.0 Å². The van der Waals surface area contributed by atoms with Gasteiger partial charge in [0.05, 0.1) is 16.5 Å². The van der Waals surface area contributed by atoms with E-state index in [2.05, 4.69) is 20.7 Å². The number of amides is 1. The summed E-state index contributed by atoms with van der Waals surface area (Å²) in [5.41, 5.74) is 2.01. The fourth-order valence-corrected chi connectivity index (χ4v) is 5.97. The SMILES string of the molecule is O=C(C1CNCCO1)N(Cc1ccc2c(Cl)cn(CCCNS(=O)(=O)c3ccccc3)c2c1)C1CC1. The number of benzene rings is 2. The maximum atomic E-state index is 13.2. The summed E-state index contributed by atoms with van der Waals surface area (Å²) in [6.07, 6.45) is 4.10. The monoisotopic (exact) mass is 530 g/mol. The molecule has 1 aliphatic carbocycles. The second kappa shape index (κ2) is 10.9.